The number of nitrogens with zero attached hydrogens (tertiary/aromatic N) is 2. The molecule has 0 aliphatic carbocycles. The lowest BCUT2D eigenvalue weighted by Crippen LogP contribution is -2.24. The topological polar surface area (TPSA) is 68.0 Å². The number of benzene rings is 2. The summed E-state index contributed by atoms with van der Waals surface area (Å²) in [7, 11) is 0. The molecule has 0 unspecified atom stereocenters. The Kier molecular flexibility index (Phi) is 6.55. The van der Waals surface area contributed by atoms with E-state index in [0.29, 0.717) is 27.5 Å². The predicted octanol–water partition coefficient (Wildman–Crippen LogP) is 4.59. The van der Waals surface area contributed by atoms with Gasteiger partial charge in [0, 0.05) is 21.4 Å². The molecular weight excluding hydrogens is 393 g/mol. The van der Waals surface area contributed by atoms with E-state index in [-0.39, 0.29) is 12.5 Å². The van der Waals surface area contributed by atoms with Crippen LogP contribution in [0.2, 0.25) is 10.0 Å². The molecule has 0 saturated carbocycles. The molecule has 1 heterocycles. The molecule has 5 nitrogen and oxygen atoms in total. The van der Waals surface area contributed by atoms with Gasteiger partial charge in [-0.15, -0.1) is 11.8 Å². The summed E-state index contributed by atoms with van der Waals surface area (Å²) in [6.07, 6.45) is 0. The van der Waals surface area contributed by atoms with Crippen LogP contribution >= 0.6 is 35.0 Å². The average Bonchev–Trinajstić information content (AvgIpc) is 3.11. The number of carbonyl (C=O) groups is 1. The molecule has 26 heavy (non-hydrogen) atoms. The number of amides is 1. The fourth-order valence-corrected chi connectivity index (χ4v) is 3.18. The van der Waals surface area contributed by atoms with Crippen LogP contribution in [0.1, 0.15) is 11.5 Å². The van der Waals surface area contributed by atoms with Crippen LogP contribution in [0.25, 0.3) is 11.4 Å². The Labute approximate surface area is 165 Å². The first kappa shape index (κ1) is 18.8. The zero-order valence-corrected chi connectivity index (χ0v) is 15.9. The largest absolute Gasteiger partial charge is 0.346 e. The van der Waals surface area contributed by atoms with E-state index in [1.54, 1.807) is 12.1 Å². The van der Waals surface area contributed by atoms with E-state index < -0.39 is 0 Å². The van der Waals surface area contributed by atoms with Crippen LogP contribution in [0.4, 0.5) is 0 Å². The molecule has 0 bridgehead atoms. The minimum absolute atomic E-state index is 0.0878. The molecule has 0 aliphatic rings. The van der Waals surface area contributed by atoms with Gasteiger partial charge >= 0.3 is 0 Å². The van der Waals surface area contributed by atoms with E-state index in [1.165, 1.54) is 11.8 Å². The highest BCUT2D eigenvalue weighted by molar-refractivity contribution is 7.99. The van der Waals surface area contributed by atoms with Gasteiger partial charge < -0.3 is 9.84 Å². The molecule has 3 rings (SSSR count). The Balaban J connectivity index is 1.43. The Bertz CT molecular complexity index is 867. The van der Waals surface area contributed by atoms with E-state index in [9.17, 15) is 4.79 Å². The fourth-order valence-electron chi connectivity index (χ4n) is 2.11. The van der Waals surface area contributed by atoms with Gasteiger partial charge in [-0.3, -0.25) is 4.79 Å². The van der Waals surface area contributed by atoms with Crippen molar-refractivity contribution in [3.05, 3.63) is 70.0 Å². The van der Waals surface area contributed by atoms with Crippen molar-refractivity contribution in [1.29, 1.82) is 0 Å². The summed E-state index contributed by atoms with van der Waals surface area (Å²) in [5.41, 5.74) is 1.92. The Morgan fingerprint density at radius 2 is 1.69 bits per heavy atom. The van der Waals surface area contributed by atoms with Gasteiger partial charge in [-0.2, -0.15) is 4.98 Å². The minimum atomic E-state index is -0.0878. The zero-order chi connectivity index (χ0) is 18.4. The maximum absolute atomic E-state index is 11.9. The third kappa shape index (κ3) is 5.49. The van der Waals surface area contributed by atoms with Crippen molar-refractivity contribution in [2.75, 3.05) is 5.75 Å². The van der Waals surface area contributed by atoms with Crippen LogP contribution in [0, 0.1) is 0 Å². The monoisotopic (exact) mass is 407 g/mol. The van der Waals surface area contributed by atoms with Crippen molar-refractivity contribution in [2.24, 2.45) is 0 Å². The van der Waals surface area contributed by atoms with Crippen molar-refractivity contribution in [2.45, 2.75) is 12.3 Å². The molecule has 0 saturated heterocycles. The molecule has 0 radical (unpaired) electrons. The zero-order valence-electron chi connectivity index (χ0n) is 13.6. The normalized spacial score (nSPS) is 10.7. The summed E-state index contributed by atoms with van der Waals surface area (Å²) in [6.45, 7) is 0.195. The maximum atomic E-state index is 11.9. The summed E-state index contributed by atoms with van der Waals surface area (Å²) in [4.78, 5) is 16.2. The molecule has 0 aliphatic heterocycles. The Morgan fingerprint density at radius 3 is 2.38 bits per heavy atom. The highest BCUT2D eigenvalue weighted by atomic mass is 35.5. The van der Waals surface area contributed by atoms with Gasteiger partial charge in [0.1, 0.15) is 0 Å². The van der Waals surface area contributed by atoms with Gasteiger partial charge in [-0.25, -0.2) is 0 Å². The van der Waals surface area contributed by atoms with Gasteiger partial charge in [0.15, 0.2) is 0 Å². The maximum Gasteiger partial charge on any atom is 0.246 e. The molecule has 1 aromatic heterocycles. The summed E-state index contributed by atoms with van der Waals surface area (Å²) in [5, 5.41) is 8.02. The van der Waals surface area contributed by atoms with Crippen molar-refractivity contribution in [3.63, 3.8) is 0 Å². The second-order valence-corrected chi connectivity index (χ2v) is 7.27. The summed E-state index contributed by atoms with van der Waals surface area (Å²) >= 11 is 13.2. The number of nitrogens with one attached hydrogen (secondary N) is 1. The van der Waals surface area contributed by atoms with Gasteiger partial charge in [0.2, 0.25) is 17.6 Å². The first-order valence-electron chi connectivity index (χ1n) is 7.77. The van der Waals surface area contributed by atoms with Crippen molar-refractivity contribution >= 4 is 40.9 Å². The van der Waals surface area contributed by atoms with Gasteiger partial charge in [0.25, 0.3) is 0 Å². The average molecular weight is 408 g/mol. The standard InChI is InChI=1S/C18H15Cl2N3O2S/c19-14-5-1-12(2-6-14)10-26-11-16(24)21-9-17-22-18(23-25-17)13-3-7-15(20)8-4-13/h1-8H,9-11H2,(H,21,24). The summed E-state index contributed by atoms with van der Waals surface area (Å²) in [5.74, 6) is 1.82. The van der Waals surface area contributed by atoms with Crippen LogP contribution in [0.5, 0.6) is 0 Å². The molecule has 8 heteroatoms. The van der Waals surface area contributed by atoms with Crippen LogP contribution in [-0.4, -0.2) is 21.8 Å². The molecule has 0 fully saturated rings. The number of rotatable bonds is 7. The number of carbonyl (C=O) groups excluding carboxylic acids is 1. The van der Waals surface area contributed by atoms with Crippen LogP contribution in [0.15, 0.2) is 53.1 Å². The number of aromatic nitrogens is 2. The van der Waals surface area contributed by atoms with E-state index in [1.807, 2.05) is 36.4 Å². The SMILES string of the molecule is O=C(CSCc1ccc(Cl)cc1)NCc1nc(-c2ccc(Cl)cc2)no1. The molecule has 2 aromatic carbocycles. The van der Waals surface area contributed by atoms with E-state index in [0.717, 1.165) is 16.9 Å². The second kappa shape index (κ2) is 9.07. The Morgan fingerprint density at radius 1 is 1.04 bits per heavy atom. The quantitative estimate of drug-likeness (QED) is 0.619. The first-order valence-corrected chi connectivity index (χ1v) is 9.68. The molecule has 0 atom stereocenters. The van der Waals surface area contributed by atoms with E-state index in [4.69, 9.17) is 27.7 Å². The number of hydrogen-bond acceptors (Lipinski definition) is 5. The van der Waals surface area contributed by atoms with Crippen molar-refractivity contribution < 1.29 is 9.32 Å². The molecule has 1 amide bonds. The predicted molar refractivity (Wildman–Crippen MR) is 104 cm³/mol. The Hall–Kier alpha value is -2.02. The van der Waals surface area contributed by atoms with Crippen molar-refractivity contribution in [1.82, 2.24) is 15.5 Å². The van der Waals surface area contributed by atoms with Crippen LogP contribution in [0.3, 0.4) is 0 Å². The highest BCUT2D eigenvalue weighted by Crippen LogP contribution is 2.19. The van der Waals surface area contributed by atoms with E-state index in [2.05, 4.69) is 15.5 Å². The number of thioether (sulfide) groups is 1. The van der Waals surface area contributed by atoms with Crippen molar-refractivity contribution in [3.8, 4) is 11.4 Å². The molecule has 134 valence electrons. The lowest BCUT2D eigenvalue weighted by molar-refractivity contribution is -0.118. The number of hydrogen-bond donors (Lipinski definition) is 1. The third-order valence-corrected chi connectivity index (χ3v) is 4.93. The van der Waals surface area contributed by atoms with Gasteiger partial charge in [-0.1, -0.05) is 40.5 Å². The van der Waals surface area contributed by atoms with Crippen LogP contribution in [-0.2, 0) is 17.1 Å². The molecule has 1 N–H and O–H groups in total. The number of halogens is 2. The molecule has 0 spiro atoms. The lowest BCUT2D eigenvalue weighted by atomic mass is 10.2. The first-order chi connectivity index (χ1) is 12.6. The smallest absolute Gasteiger partial charge is 0.246 e. The lowest BCUT2D eigenvalue weighted by Gasteiger charge is -2.03. The summed E-state index contributed by atoms with van der Waals surface area (Å²) < 4.78 is 5.16. The van der Waals surface area contributed by atoms with E-state index >= 15 is 0 Å². The van der Waals surface area contributed by atoms with Gasteiger partial charge in [0.05, 0.1) is 12.3 Å². The van der Waals surface area contributed by atoms with Crippen LogP contribution < -0.4 is 5.32 Å². The fraction of sp³-hybridized carbons (Fsp3) is 0.167. The highest BCUT2D eigenvalue weighted by Gasteiger charge is 2.10. The third-order valence-electron chi connectivity index (χ3n) is 3.42. The summed E-state index contributed by atoms with van der Waals surface area (Å²) in [6, 6.07) is 14.7. The van der Waals surface area contributed by atoms with Gasteiger partial charge in [-0.05, 0) is 42.0 Å². The molecular formula is C18H15Cl2N3O2S. The molecule has 3 aromatic rings. The minimum Gasteiger partial charge on any atom is -0.346 e. The second-order valence-electron chi connectivity index (χ2n) is 5.41.